The van der Waals surface area contributed by atoms with E-state index in [2.05, 4.69) is 62.9 Å². The molecule has 5 rings (SSSR count). The van der Waals surface area contributed by atoms with E-state index in [9.17, 15) is 9.59 Å². The number of fused-ring (bicyclic) bond motifs is 1. The fraction of sp³-hybridized carbons (Fsp3) is 0.259. The first-order valence-electron chi connectivity index (χ1n) is 11.6. The highest BCUT2D eigenvalue weighted by Gasteiger charge is 2.22. The van der Waals surface area contributed by atoms with Crippen molar-refractivity contribution in [1.82, 2.24) is 9.80 Å². The van der Waals surface area contributed by atoms with Gasteiger partial charge in [-0.3, -0.25) is 19.4 Å². The number of carbonyl (C=O) groups is 2. The highest BCUT2D eigenvalue weighted by atomic mass is 16.5. The average molecular weight is 457 g/mol. The molecule has 0 radical (unpaired) electrons. The van der Waals surface area contributed by atoms with Gasteiger partial charge >= 0.3 is 0 Å². The quantitative estimate of drug-likeness (QED) is 0.593. The Hall–Kier alpha value is -3.68. The van der Waals surface area contributed by atoms with E-state index in [1.54, 1.807) is 18.2 Å². The van der Waals surface area contributed by atoms with E-state index in [4.69, 9.17) is 4.74 Å². The van der Waals surface area contributed by atoms with Crippen molar-refractivity contribution in [3.63, 3.8) is 0 Å². The van der Waals surface area contributed by atoms with E-state index in [0.29, 0.717) is 17.0 Å². The lowest BCUT2D eigenvalue weighted by Crippen LogP contribution is -2.45. The molecular formula is C27H28N4O3. The van der Waals surface area contributed by atoms with Crippen LogP contribution in [0.4, 0.5) is 11.4 Å². The summed E-state index contributed by atoms with van der Waals surface area (Å²) in [7, 11) is 0. The molecule has 2 aliphatic rings. The molecule has 2 amide bonds. The van der Waals surface area contributed by atoms with Crippen LogP contribution < -0.4 is 15.4 Å². The van der Waals surface area contributed by atoms with Crippen LogP contribution >= 0.6 is 0 Å². The molecule has 1 fully saturated rings. The van der Waals surface area contributed by atoms with E-state index in [1.807, 2.05) is 12.1 Å². The zero-order valence-electron chi connectivity index (χ0n) is 19.0. The smallest absolute Gasteiger partial charge is 0.262 e. The maximum Gasteiger partial charge on any atom is 0.262 e. The van der Waals surface area contributed by atoms with E-state index in [0.717, 1.165) is 45.0 Å². The molecule has 3 aromatic carbocycles. The standard InChI is InChI=1S/C27H28N4O3/c32-25-19-34-26-23(7-4-8-24(26)29-25)27(33)28-22-11-9-21(10-12-22)18-31-15-13-30(14-16-31)17-20-5-2-1-3-6-20/h1-12H,13-19H2,(H,28,33)(H,29,32). The number of carbonyl (C=O) groups excluding carboxylic acids is 2. The maximum atomic E-state index is 12.8. The van der Waals surface area contributed by atoms with Crippen molar-refractivity contribution in [2.45, 2.75) is 13.1 Å². The van der Waals surface area contributed by atoms with Crippen molar-refractivity contribution in [1.29, 1.82) is 0 Å². The molecule has 1 saturated heterocycles. The molecule has 0 bridgehead atoms. The average Bonchev–Trinajstić information content (AvgIpc) is 2.86. The van der Waals surface area contributed by atoms with E-state index >= 15 is 0 Å². The Balaban J connectivity index is 1.13. The van der Waals surface area contributed by atoms with Gasteiger partial charge in [0.2, 0.25) is 0 Å². The summed E-state index contributed by atoms with van der Waals surface area (Å²) >= 11 is 0. The van der Waals surface area contributed by atoms with Crippen LogP contribution in [0.5, 0.6) is 5.75 Å². The van der Waals surface area contributed by atoms with E-state index < -0.39 is 0 Å². The van der Waals surface area contributed by atoms with Crippen LogP contribution in [0.25, 0.3) is 0 Å². The number of piperazine rings is 1. The number of hydrogen-bond acceptors (Lipinski definition) is 5. The molecule has 0 spiro atoms. The second-order valence-corrected chi connectivity index (χ2v) is 8.71. The summed E-state index contributed by atoms with van der Waals surface area (Å²) in [6.45, 7) is 6.02. The predicted octanol–water partition coefficient (Wildman–Crippen LogP) is 3.59. The van der Waals surface area contributed by atoms with Gasteiger partial charge in [0, 0.05) is 45.0 Å². The Labute approximate surface area is 199 Å². The minimum Gasteiger partial charge on any atom is -0.481 e. The van der Waals surface area contributed by atoms with E-state index in [-0.39, 0.29) is 18.4 Å². The highest BCUT2D eigenvalue weighted by molar-refractivity contribution is 6.09. The summed E-state index contributed by atoms with van der Waals surface area (Å²) in [5.74, 6) is -0.0869. The Morgan fingerprint density at radius 3 is 2.15 bits per heavy atom. The van der Waals surface area contributed by atoms with Gasteiger partial charge in [-0.15, -0.1) is 0 Å². The fourth-order valence-corrected chi connectivity index (χ4v) is 4.39. The minimum absolute atomic E-state index is 0.0908. The highest BCUT2D eigenvalue weighted by Crippen LogP contribution is 2.32. The zero-order chi connectivity index (χ0) is 23.3. The van der Waals surface area contributed by atoms with Crippen molar-refractivity contribution < 1.29 is 14.3 Å². The Bertz CT molecular complexity index is 1160. The predicted molar refractivity (Wildman–Crippen MR) is 132 cm³/mol. The van der Waals surface area contributed by atoms with Crippen molar-refractivity contribution in [3.05, 3.63) is 89.5 Å². The van der Waals surface area contributed by atoms with Gasteiger partial charge in [0.25, 0.3) is 11.8 Å². The van der Waals surface area contributed by atoms with Gasteiger partial charge < -0.3 is 15.4 Å². The number of benzene rings is 3. The van der Waals surface area contributed by atoms with Crippen molar-refractivity contribution in [3.8, 4) is 5.75 Å². The van der Waals surface area contributed by atoms with Crippen molar-refractivity contribution in [2.24, 2.45) is 0 Å². The molecular weight excluding hydrogens is 428 g/mol. The molecule has 0 saturated carbocycles. The van der Waals surface area contributed by atoms with Crippen LogP contribution in [-0.4, -0.2) is 54.4 Å². The van der Waals surface area contributed by atoms with Gasteiger partial charge in [-0.25, -0.2) is 0 Å². The topological polar surface area (TPSA) is 73.9 Å². The maximum absolute atomic E-state index is 12.8. The largest absolute Gasteiger partial charge is 0.481 e. The summed E-state index contributed by atoms with van der Waals surface area (Å²) < 4.78 is 5.49. The van der Waals surface area contributed by atoms with Crippen LogP contribution in [0.1, 0.15) is 21.5 Å². The van der Waals surface area contributed by atoms with Gasteiger partial charge in [-0.1, -0.05) is 48.5 Å². The third-order valence-corrected chi connectivity index (χ3v) is 6.21. The van der Waals surface area contributed by atoms with Gasteiger partial charge in [-0.2, -0.15) is 0 Å². The molecule has 34 heavy (non-hydrogen) atoms. The summed E-state index contributed by atoms with van der Waals surface area (Å²) in [4.78, 5) is 29.3. The first-order valence-corrected chi connectivity index (χ1v) is 11.6. The van der Waals surface area contributed by atoms with E-state index in [1.165, 1.54) is 11.1 Å². The van der Waals surface area contributed by atoms with Crippen LogP contribution in [0.2, 0.25) is 0 Å². The van der Waals surface area contributed by atoms with Crippen molar-refractivity contribution >= 4 is 23.2 Å². The number of rotatable bonds is 6. The normalized spacial score (nSPS) is 16.3. The molecule has 0 aliphatic carbocycles. The summed E-state index contributed by atoms with van der Waals surface area (Å²) in [5.41, 5.74) is 4.22. The van der Waals surface area contributed by atoms with Crippen LogP contribution in [0, 0.1) is 0 Å². The number of hydrogen-bond donors (Lipinski definition) is 2. The molecule has 2 aliphatic heterocycles. The number of anilines is 2. The Morgan fingerprint density at radius 1 is 0.824 bits per heavy atom. The number of para-hydroxylation sites is 1. The fourth-order valence-electron chi connectivity index (χ4n) is 4.39. The first kappa shape index (κ1) is 22.1. The van der Waals surface area contributed by atoms with Gasteiger partial charge in [0.15, 0.2) is 12.4 Å². The third-order valence-electron chi connectivity index (χ3n) is 6.21. The second-order valence-electron chi connectivity index (χ2n) is 8.71. The molecule has 7 heteroatoms. The van der Waals surface area contributed by atoms with Gasteiger partial charge in [-0.05, 0) is 35.4 Å². The summed E-state index contributed by atoms with van der Waals surface area (Å²) in [6, 6.07) is 23.7. The zero-order valence-corrected chi connectivity index (χ0v) is 19.0. The molecule has 0 unspecified atom stereocenters. The van der Waals surface area contributed by atoms with Crippen LogP contribution in [-0.2, 0) is 17.9 Å². The molecule has 2 N–H and O–H groups in total. The molecule has 7 nitrogen and oxygen atoms in total. The molecule has 174 valence electrons. The monoisotopic (exact) mass is 456 g/mol. The molecule has 2 heterocycles. The number of ether oxygens (including phenoxy) is 1. The summed E-state index contributed by atoms with van der Waals surface area (Å²) in [5, 5.41) is 5.66. The molecule has 0 atom stereocenters. The number of amides is 2. The SMILES string of the molecule is O=C1COc2c(cccc2C(=O)Nc2ccc(CN3CCN(Cc4ccccc4)CC3)cc2)N1. The Morgan fingerprint density at radius 2 is 1.47 bits per heavy atom. The van der Waals surface area contributed by atoms with Gasteiger partial charge in [0.05, 0.1) is 11.3 Å². The Kier molecular flexibility index (Phi) is 6.56. The van der Waals surface area contributed by atoms with Crippen LogP contribution in [0.3, 0.4) is 0 Å². The lowest BCUT2D eigenvalue weighted by Gasteiger charge is -2.34. The van der Waals surface area contributed by atoms with Gasteiger partial charge in [0.1, 0.15) is 0 Å². The van der Waals surface area contributed by atoms with Crippen molar-refractivity contribution in [2.75, 3.05) is 43.4 Å². The first-order chi connectivity index (χ1) is 16.6. The molecule has 3 aromatic rings. The lowest BCUT2D eigenvalue weighted by molar-refractivity contribution is -0.118. The third kappa shape index (κ3) is 5.27. The minimum atomic E-state index is -0.268. The van der Waals surface area contributed by atoms with Crippen LogP contribution in [0.15, 0.2) is 72.8 Å². The molecule has 0 aromatic heterocycles. The second kappa shape index (κ2) is 10.1. The lowest BCUT2D eigenvalue weighted by atomic mass is 10.1. The summed E-state index contributed by atoms with van der Waals surface area (Å²) in [6.07, 6.45) is 0. The number of nitrogens with zero attached hydrogens (tertiary/aromatic N) is 2. The number of nitrogens with one attached hydrogen (secondary N) is 2.